The van der Waals surface area contributed by atoms with Crippen molar-refractivity contribution >= 4 is 12.1 Å². The van der Waals surface area contributed by atoms with E-state index in [1.165, 1.54) is 0 Å². The van der Waals surface area contributed by atoms with Gasteiger partial charge in [0.15, 0.2) is 0 Å². The van der Waals surface area contributed by atoms with Gasteiger partial charge in [-0.05, 0) is 59.4 Å². The van der Waals surface area contributed by atoms with Gasteiger partial charge in [-0.25, -0.2) is 4.79 Å². The fourth-order valence-electron chi connectivity index (χ4n) is 2.48. The molecule has 0 aliphatic rings. The van der Waals surface area contributed by atoms with Crippen LogP contribution in [0.2, 0.25) is 0 Å². The van der Waals surface area contributed by atoms with Gasteiger partial charge in [-0.2, -0.15) is 0 Å². The van der Waals surface area contributed by atoms with Crippen molar-refractivity contribution in [2.24, 2.45) is 5.73 Å². The Morgan fingerprint density at radius 2 is 1.74 bits per heavy atom. The summed E-state index contributed by atoms with van der Waals surface area (Å²) in [6.07, 6.45) is 1.68. The van der Waals surface area contributed by atoms with Crippen molar-refractivity contribution in [1.82, 2.24) is 4.90 Å². The van der Waals surface area contributed by atoms with Crippen LogP contribution in [-0.2, 0) is 20.9 Å². The number of hydrogen-bond acceptors (Lipinski definition) is 5. The standard InChI is InChI=1S/C21H34N2O4/c1-16(2)23(20(25)27-21(3,4)5)14-10-9-13-18(22)19(24)26-15-17-11-7-6-8-12-17/h6-8,11-12,16,18H,9-10,13-15,22H2,1-5H3. The van der Waals surface area contributed by atoms with Crippen LogP contribution < -0.4 is 5.73 Å². The Hall–Kier alpha value is -2.08. The van der Waals surface area contributed by atoms with E-state index in [1.54, 1.807) is 4.90 Å². The molecule has 0 aliphatic carbocycles. The first-order chi connectivity index (χ1) is 12.6. The van der Waals surface area contributed by atoms with Crippen LogP contribution in [0.15, 0.2) is 30.3 Å². The van der Waals surface area contributed by atoms with Gasteiger partial charge >= 0.3 is 12.1 Å². The fourth-order valence-corrected chi connectivity index (χ4v) is 2.48. The van der Waals surface area contributed by atoms with E-state index in [2.05, 4.69) is 0 Å². The third-order valence-electron chi connectivity index (χ3n) is 3.94. The quantitative estimate of drug-likeness (QED) is 0.521. The lowest BCUT2D eigenvalue weighted by molar-refractivity contribution is -0.146. The SMILES string of the molecule is CC(C)N(CCCCC(N)C(=O)OCc1ccccc1)C(=O)OC(C)(C)C. The number of nitrogens with zero attached hydrogens (tertiary/aromatic N) is 1. The number of hydrogen-bond donors (Lipinski definition) is 1. The molecule has 152 valence electrons. The van der Waals surface area contributed by atoms with Crippen molar-refractivity contribution in [3.05, 3.63) is 35.9 Å². The summed E-state index contributed by atoms with van der Waals surface area (Å²) in [7, 11) is 0. The Labute approximate surface area is 163 Å². The number of nitrogens with two attached hydrogens (primary N) is 1. The minimum Gasteiger partial charge on any atom is -0.460 e. The molecule has 0 aliphatic heterocycles. The summed E-state index contributed by atoms with van der Waals surface area (Å²) >= 11 is 0. The first kappa shape index (κ1) is 23.0. The van der Waals surface area contributed by atoms with Gasteiger partial charge in [-0.3, -0.25) is 4.79 Å². The Kier molecular flexibility index (Phi) is 9.29. The highest BCUT2D eigenvalue weighted by molar-refractivity contribution is 5.75. The van der Waals surface area contributed by atoms with E-state index in [9.17, 15) is 9.59 Å². The smallest absolute Gasteiger partial charge is 0.410 e. The number of rotatable bonds is 9. The Balaban J connectivity index is 2.33. The maximum absolute atomic E-state index is 12.3. The molecule has 0 saturated heterocycles. The third kappa shape index (κ3) is 9.43. The van der Waals surface area contributed by atoms with Crippen LogP contribution in [0.3, 0.4) is 0 Å². The second-order valence-corrected chi connectivity index (χ2v) is 7.96. The Bertz CT molecular complexity index is 582. The zero-order chi connectivity index (χ0) is 20.4. The van der Waals surface area contributed by atoms with Gasteiger partial charge < -0.3 is 20.1 Å². The van der Waals surface area contributed by atoms with E-state index in [0.29, 0.717) is 13.0 Å². The van der Waals surface area contributed by atoms with Gasteiger partial charge in [0.2, 0.25) is 0 Å². The van der Waals surface area contributed by atoms with E-state index in [-0.39, 0.29) is 18.7 Å². The molecule has 1 aromatic carbocycles. The second-order valence-electron chi connectivity index (χ2n) is 7.96. The number of ether oxygens (including phenoxy) is 2. The van der Waals surface area contributed by atoms with Crippen molar-refractivity contribution in [2.75, 3.05) is 6.54 Å². The monoisotopic (exact) mass is 378 g/mol. The van der Waals surface area contributed by atoms with Gasteiger partial charge in [0, 0.05) is 12.6 Å². The number of carbonyl (C=O) groups excluding carboxylic acids is 2. The minimum absolute atomic E-state index is 0.0457. The second kappa shape index (κ2) is 10.9. The number of esters is 1. The van der Waals surface area contributed by atoms with Crippen LogP contribution in [0, 0.1) is 0 Å². The first-order valence-corrected chi connectivity index (χ1v) is 9.56. The van der Waals surface area contributed by atoms with Gasteiger partial charge in [0.25, 0.3) is 0 Å². The van der Waals surface area contributed by atoms with Gasteiger partial charge in [0.05, 0.1) is 0 Å². The van der Waals surface area contributed by atoms with E-state index in [0.717, 1.165) is 18.4 Å². The van der Waals surface area contributed by atoms with E-state index in [4.69, 9.17) is 15.2 Å². The topological polar surface area (TPSA) is 81.9 Å². The lowest BCUT2D eigenvalue weighted by Gasteiger charge is -2.30. The van der Waals surface area contributed by atoms with Crippen LogP contribution in [-0.4, -0.2) is 41.2 Å². The van der Waals surface area contributed by atoms with Gasteiger partial charge in [-0.15, -0.1) is 0 Å². The van der Waals surface area contributed by atoms with Crippen molar-refractivity contribution < 1.29 is 19.1 Å². The Morgan fingerprint density at radius 3 is 2.30 bits per heavy atom. The molecule has 27 heavy (non-hydrogen) atoms. The molecule has 0 radical (unpaired) electrons. The molecule has 1 unspecified atom stereocenters. The first-order valence-electron chi connectivity index (χ1n) is 9.56. The molecule has 1 atom stereocenters. The zero-order valence-electron chi connectivity index (χ0n) is 17.2. The van der Waals surface area contributed by atoms with Gasteiger partial charge in [-0.1, -0.05) is 30.3 Å². The molecule has 0 saturated carbocycles. The molecule has 1 aromatic rings. The maximum atomic E-state index is 12.3. The van der Waals surface area contributed by atoms with Gasteiger partial charge in [0.1, 0.15) is 18.2 Å². The lowest BCUT2D eigenvalue weighted by Crippen LogP contribution is -2.41. The molecule has 0 spiro atoms. The molecular formula is C21H34N2O4. The summed E-state index contributed by atoms with van der Waals surface area (Å²) < 4.78 is 10.7. The number of amides is 1. The van der Waals surface area contributed by atoms with E-state index in [1.807, 2.05) is 65.0 Å². The number of benzene rings is 1. The molecule has 2 N–H and O–H groups in total. The largest absolute Gasteiger partial charge is 0.460 e. The van der Waals surface area contributed by atoms with Crippen molar-refractivity contribution in [3.8, 4) is 0 Å². The molecule has 6 heteroatoms. The highest BCUT2D eigenvalue weighted by atomic mass is 16.6. The summed E-state index contributed by atoms with van der Waals surface area (Å²) in [4.78, 5) is 25.9. The summed E-state index contributed by atoms with van der Waals surface area (Å²) in [6.45, 7) is 10.3. The van der Waals surface area contributed by atoms with Crippen molar-refractivity contribution in [3.63, 3.8) is 0 Å². The number of unbranched alkanes of at least 4 members (excludes halogenated alkanes) is 1. The summed E-state index contributed by atoms with van der Waals surface area (Å²) in [5.41, 5.74) is 6.34. The molecule has 1 amide bonds. The predicted octanol–water partition coefficient (Wildman–Crippen LogP) is 3.87. The van der Waals surface area contributed by atoms with E-state index < -0.39 is 17.6 Å². The fraction of sp³-hybridized carbons (Fsp3) is 0.619. The molecular weight excluding hydrogens is 344 g/mol. The summed E-state index contributed by atoms with van der Waals surface area (Å²) in [5, 5.41) is 0. The molecule has 0 fully saturated rings. The van der Waals surface area contributed by atoms with Crippen molar-refractivity contribution in [1.29, 1.82) is 0 Å². The van der Waals surface area contributed by atoms with Crippen molar-refractivity contribution in [2.45, 2.75) is 78.2 Å². The van der Waals surface area contributed by atoms with Crippen LogP contribution in [0.5, 0.6) is 0 Å². The summed E-state index contributed by atoms with van der Waals surface area (Å²) in [5.74, 6) is -0.397. The third-order valence-corrected chi connectivity index (χ3v) is 3.94. The molecule has 6 nitrogen and oxygen atoms in total. The molecule has 0 aromatic heterocycles. The molecule has 1 rings (SSSR count). The highest BCUT2D eigenvalue weighted by Gasteiger charge is 2.24. The molecule has 0 heterocycles. The Morgan fingerprint density at radius 1 is 1.11 bits per heavy atom. The van der Waals surface area contributed by atoms with Crippen LogP contribution in [0.4, 0.5) is 4.79 Å². The van der Waals surface area contributed by atoms with Crippen LogP contribution >= 0.6 is 0 Å². The maximum Gasteiger partial charge on any atom is 0.410 e. The van der Waals surface area contributed by atoms with Crippen LogP contribution in [0.25, 0.3) is 0 Å². The zero-order valence-corrected chi connectivity index (χ0v) is 17.2. The highest BCUT2D eigenvalue weighted by Crippen LogP contribution is 2.13. The summed E-state index contributed by atoms with van der Waals surface area (Å²) in [6, 6.07) is 8.90. The molecule has 0 bridgehead atoms. The van der Waals surface area contributed by atoms with E-state index >= 15 is 0 Å². The predicted molar refractivity (Wildman–Crippen MR) is 106 cm³/mol. The number of carbonyl (C=O) groups is 2. The normalized spacial score (nSPS) is 12.6. The van der Waals surface area contributed by atoms with Crippen LogP contribution in [0.1, 0.15) is 59.4 Å². The average molecular weight is 379 g/mol. The average Bonchev–Trinajstić information content (AvgIpc) is 2.58. The minimum atomic E-state index is -0.650. The lowest BCUT2D eigenvalue weighted by atomic mass is 10.1.